The van der Waals surface area contributed by atoms with Gasteiger partial charge in [0.1, 0.15) is 5.82 Å². The van der Waals surface area contributed by atoms with Crippen LogP contribution in [0.3, 0.4) is 0 Å². The molecule has 3 heterocycles. The molecule has 4 aromatic rings. The number of carbonyl (C=O) groups is 1. The maximum absolute atomic E-state index is 12.9. The van der Waals surface area contributed by atoms with Crippen molar-refractivity contribution in [1.29, 1.82) is 0 Å². The maximum Gasteiger partial charge on any atom is 0.284 e. The number of benzene rings is 1. The molecular weight excluding hydrogens is 401 g/mol. The molecule has 3 aromatic heterocycles. The summed E-state index contributed by atoms with van der Waals surface area (Å²) in [7, 11) is 0. The largest absolute Gasteiger partial charge is 0.459 e. The van der Waals surface area contributed by atoms with Crippen LogP contribution < -0.4 is 5.32 Å². The predicted octanol–water partition coefficient (Wildman–Crippen LogP) is 3.72. The normalized spacial score (nSPS) is 10.9. The number of aryl methyl sites for hydroxylation is 1. The third-order valence-corrected chi connectivity index (χ3v) is 4.48. The van der Waals surface area contributed by atoms with E-state index in [0.29, 0.717) is 40.0 Å². The molecule has 0 saturated heterocycles. The van der Waals surface area contributed by atoms with Crippen molar-refractivity contribution >= 4 is 23.4 Å². The van der Waals surface area contributed by atoms with Gasteiger partial charge in [-0.25, -0.2) is 4.39 Å². The summed E-state index contributed by atoms with van der Waals surface area (Å²) in [5.41, 5.74) is 0.521. The number of furan rings is 1. The molecule has 4 rings (SSSR count). The highest BCUT2D eigenvalue weighted by atomic mass is 32.2. The predicted molar refractivity (Wildman–Crippen MR) is 99.2 cm³/mol. The molecule has 0 bridgehead atoms. The number of aromatic nitrogens is 4. The van der Waals surface area contributed by atoms with E-state index in [2.05, 4.69) is 25.7 Å². The number of amides is 1. The van der Waals surface area contributed by atoms with Crippen LogP contribution in [0.15, 0.2) is 61.2 Å². The minimum atomic E-state index is -0.364. The van der Waals surface area contributed by atoms with Gasteiger partial charge in [0.05, 0.1) is 12.0 Å². The number of hydrogen-bond donors (Lipinski definition) is 1. The molecule has 148 valence electrons. The summed E-state index contributed by atoms with van der Waals surface area (Å²) in [6, 6.07) is 8.98. The van der Waals surface area contributed by atoms with Gasteiger partial charge in [0.25, 0.3) is 11.1 Å². The Labute approximate surface area is 167 Å². The van der Waals surface area contributed by atoms with E-state index in [1.54, 1.807) is 12.1 Å². The van der Waals surface area contributed by atoms with E-state index in [1.165, 1.54) is 42.3 Å². The third-order valence-electron chi connectivity index (χ3n) is 3.67. The van der Waals surface area contributed by atoms with E-state index in [9.17, 15) is 9.18 Å². The first kappa shape index (κ1) is 18.9. The zero-order valence-corrected chi connectivity index (χ0v) is 15.7. The monoisotopic (exact) mass is 415 g/mol. The Morgan fingerprint density at radius 1 is 1.17 bits per heavy atom. The lowest BCUT2D eigenvalue weighted by molar-refractivity contribution is -0.116. The fraction of sp³-hybridized carbons (Fsp3) is 0.167. The Hall–Kier alpha value is -3.47. The molecule has 0 aliphatic carbocycles. The maximum atomic E-state index is 12.9. The first-order chi connectivity index (χ1) is 14.2. The SMILES string of the molecule is O=C(CCc1nc(CSc2nnc(-c3ccco3)o2)no1)Nc1ccc(F)cc1. The van der Waals surface area contributed by atoms with Gasteiger partial charge in [0.15, 0.2) is 11.6 Å². The van der Waals surface area contributed by atoms with E-state index in [0.717, 1.165) is 0 Å². The number of nitrogens with zero attached hydrogens (tertiary/aromatic N) is 4. The van der Waals surface area contributed by atoms with Gasteiger partial charge in [-0.15, -0.1) is 10.2 Å². The van der Waals surface area contributed by atoms with Gasteiger partial charge in [0.2, 0.25) is 11.8 Å². The van der Waals surface area contributed by atoms with E-state index in [4.69, 9.17) is 13.4 Å². The summed E-state index contributed by atoms with van der Waals surface area (Å²) < 4.78 is 28.7. The fourth-order valence-corrected chi connectivity index (χ4v) is 2.93. The molecule has 11 heteroatoms. The summed E-state index contributed by atoms with van der Waals surface area (Å²) in [5.74, 6) is 1.34. The molecule has 0 aliphatic rings. The second-order valence-corrected chi connectivity index (χ2v) is 6.73. The van der Waals surface area contributed by atoms with Crippen LogP contribution in [0.2, 0.25) is 0 Å². The van der Waals surface area contributed by atoms with Crippen molar-refractivity contribution in [3.63, 3.8) is 0 Å². The standard InChI is InChI=1S/C18H14FN5O4S/c19-11-3-5-12(6-4-11)20-15(25)7-8-16-21-14(24-28-16)10-29-18-23-22-17(27-18)13-2-1-9-26-13/h1-6,9H,7-8,10H2,(H,20,25). The van der Waals surface area contributed by atoms with Gasteiger partial charge < -0.3 is 18.7 Å². The van der Waals surface area contributed by atoms with Crippen molar-refractivity contribution in [3.05, 3.63) is 60.2 Å². The summed E-state index contributed by atoms with van der Waals surface area (Å²) in [6.45, 7) is 0. The zero-order valence-electron chi connectivity index (χ0n) is 14.9. The Balaban J connectivity index is 1.24. The first-order valence-electron chi connectivity index (χ1n) is 8.53. The van der Waals surface area contributed by atoms with Crippen LogP contribution in [0.4, 0.5) is 10.1 Å². The number of hydrogen-bond acceptors (Lipinski definition) is 9. The number of halogens is 1. The van der Waals surface area contributed by atoms with E-state index in [1.807, 2.05) is 0 Å². The third kappa shape index (κ3) is 5.08. The topological polar surface area (TPSA) is 120 Å². The van der Waals surface area contributed by atoms with Crippen molar-refractivity contribution < 1.29 is 22.5 Å². The Bertz CT molecular complexity index is 1080. The Morgan fingerprint density at radius 2 is 2.03 bits per heavy atom. The second kappa shape index (κ2) is 8.69. The summed E-state index contributed by atoms with van der Waals surface area (Å²) >= 11 is 1.26. The molecule has 1 N–H and O–H groups in total. The summed E-state index contributed by atoms with van der Waals surface area (Å²) in [4.78, 5) is 16.2. The van der Waals surface area contributed by atoms with Crippen LogP contribution >= 0.6 is 11.8 Å². The highest BCUT2D eigenvalue weighted by Gasteiger charge is 2.14. The zero-order chi connectivity index (χ0) is 20.1. The van der Waals surface area contributed by atoms with Crippen LogP contribution in [0, 0.1) is 5.82 Å². The van der Waals surface area contributed by atoms with Crippen molar-refractivity contribution in [3.8, 4) is 11.7 Å². The highest BCUT2D eigenvalue weighted by Crippen LogP contribution is 2.25. The smallest absolute Gasteiger partial charge is 0.284 e. The molecule has 1 aromatic carbocycles. The average Bonchev–Trinajstić information content (AvgIpc) is 3.47. The van der Waals surface area contributed by atoms with Crippen LogP contribution in [-0.2, 0) is 17.0 Å². The van der Waals surface area contributed by atoms with Gasteiger partial charge in [-0.3, -0.25) is 4.79 Å². The van der Waals surface area contributed by atoms with Crippen LogP contribution in [0.5, 0.6) is 0 Å². The molecule has 0 saturated carbocycles. The Kier molecular flexibility index (Phi) is 5.66. The van der Waals surface area contributed by atoms with Gasteiger partial charge in [-0.2, -0.15) is 4.98 Å². The summed E-state index contributed by atoms with van der Waals surface area (Å²) in [6.07, 6.45) is 1.96. The minimum Gasteiger partial charge on any atom is -0.459 e. The number of nitrogens with one attached hydrogen (secondary N) is 1. The van der Waals surface area contributed by atoms with Crippen LogP contribution in [0.1, 0.15) is 18.1 Å². The molecule has 1 amide bonds. The molecule has 9 nitrogen and oxygen atoms in total. The fourth-order valence-electron chi connectivity index (χ4n) is 2.32. The molecule has 0 spiro atoms. The average molecular weight is 415 g/mol. The minimum absolute atomic E-state index is 0.155. The molecule has 0 atom stereocenters. The van der Waals surface area contributed by atoms with Gasteiger partial charge in [0, 0.05) is 18.5 Å². The first-order valence-corrected chi connectivity index (χ1v) is 9.51. The lowest BCUT2D eigenvalue weighted by Crippen LogP contribution is -2.12. The number of thioether (sulfide) groups is 1. The summed E-state index contributed by atoms with van der Waals surface area (Å²) in [5, 5.41) is 14.7. The quantitative estimate of drug-likeness (QED) is 0.429. The lowest BCUT2D eigenvalue weighted by atomic mass is 10.2. The number of anilines is 1. The molecule has 0 fully saturated rings. The molecular formula is C18H14FN5O4S. The van der Waals surface area contributed by atoms with Crippen LogP contribution in [0.25, 0.3) is 11.7 Å². The lowest BCUT2D eigenvalue weighted by Gasteiger charge is -2.03. The molecule has 29 heavy (non-hydrogen) atoms. The van der Waals surface area contributed by atoms with Gasteiger partial charge in [-0.1, -0.05) is 16.9 Å². The molecule has 0 aliphatic heterocycles. The van der Waals surface area contributed by atoms with Gasteiger partial charge >= 0.3 is 0 Å². The Morgan fingerprint density at radius 3 is 2.83 bits per heavy atom. The number of rotatable bonds is 8. The van der Waals surface area contributed by atoms with E-state index >= 15 is 0 Å². The van der Waals surface area contributed by atoms with Crippen molar-refractivity contribution in [1.82, 2.24) is 20.3 Å². The second-order valence-electron chi connectivity index (χ2n) is 5.80. The molecule has 0 radical (unpaired) electrons. The van der Waals surface area contributed by atoms with Gasteiger partial charge in [-0.05, 0) is 36.4 Å². The van der Waals surface area contributed by atoms with E-state index in [-0.39, 0.29) is 24.6 Å². The molecule has 0 unspecified atom stereocenters. The number of carbonyl (C=O) groups excluding carboxylic acids is 1. The van der Waals surface area contributed by atoms with E-state index < -0.39 is 0 Å². The van der Waals surface area contributed by atoms with Crippen molar-refractivity contribution in [2.24, 2.45) is 0 Å². The van der Waals surface area contributed by atoms with Crippen molar-refractivity contribution in [2.75, 3.05) is 5.32 Å². The van der Waals surface area contributed by atoms with Crippen molar-refractivity contribution in [2.45, 2.75) is 23.8 Å². The van der Waals surface area contributed by atoms with Crippen LogP contribution in [-0.4, -0.2) is 26.2 Å². The highest BCUT2D eigenvalue weighted by molar-refractivity contribution is 7.98.